The van der Waals surface area contributed by atoms with Crippen LogP contribution in [-0.4, -0.2) is 16.8 Å². The standard InChI is InChI=1S/C15H12BF3.C5H8N2/c17-15(18,19)14-9-5-4-6-12(14)10-11-16-13-7-2-1-3-8-13;1-2-7-4-3-6-5-7/h1-11,16H;3-5H,2H2,1H3. The maximum atomic E-state index is 12.8. The van der Waals surface area contributed by atoms with Crippen molar-refractivity contribution in [3.8, 4) is 0 Å². The number of rotatable bonds is 4. The first-order chi connectivity index (χ1) is 12.5. The third-order valence-corrected chi connectivity index (χ3v) is 3.68. The van der Waals surface area contributed by atoms with E-state index in [-0.39, 0.29) is 5.56 Å². The molecule has 134 valence electrons. The van der Waals surface area contributed by atoms with E-state index >= 15 is 0 Å². The molecule has 2 aromatic carbocycles. The summed E-state index contributed by atoms with van der Waals surface area (Å²) in [6.07, 6.45) is 2.74. The normalized spacial score (nSPS) is 11.1. The van der Waals surface area contributed by atoms with Crippen LogP contribution in [0.1, 0.15) is 18.1 Å². The fourth-order valence-corrected chi connectivity index (χ4v) is 2.31. The lowest BCUT2D eigenvalue weighted by Crippen LogP contribution is -2.10. The fraction of sp³-hybridized carbons (Fsp3) is 0.150. The number of imidazole rings is 1. The maximum absolute atomic E-state index is 12.8. The molecule has 0 aliphatic heterocycles. The number of hydrogen-bond acceptors (Lipinski definition) is 1. The highest BCUT2D eigenvalue weighted by Crippen LogP contribution is 2.32. The van der Waals surface area contributed by atoms with Crippen LogP contribution in [0.15, 0.2) is 79.3 Å². The van der Waals surface area contributed by atoms with Crippen molar-refractivity contribution in [1.29, 1.82) is 0 Å². The van der Waals surface area contributed by atoms with Crippen LogP contribution >= 0.6 is 0 Å². The van der Waals surface area contributed by atoms with E-state index in [9.17, 15) is 13.2 Å². The highest BCUT2D eigenvalue weighted by atomic mass is 19.4. The predicted molar refractivity (Wildman–Crippen MR) is 102 cm³/mol. The first kappa shape index (κ1) is 19.6. The van der Waals surface area contributed by atoms with Gasteiger partial charge in [0.2, 0.25) is 0 Å². The molecule has 26 heavy (non-hydrogen) atoms. The van der Waals surface area contributed by atoms with Crippen LogP contribution in [0.3, 0.4) is 0 Å². The zero-order valence-corrected chi connectivity index (χ0v) is 14.5. The van der Waals surface area contributed by atoms with Gasteiger partial charge in [0.05, 0.1) is 11.9 Å². The van der Waals surface area contributed by atoms with Gasteiger partial charge in [0.1, 0.15) is 0 Å². The Labute approximate surface area is 152 Å². The Morgan fingerprint density at radius 3 is 2.31 bits per heavy atom. The highest BCUT2D eigenvalue weighted by molar-refractivity contribution is 6.59. The number of aromatic nitrogens is 2. The zero-order valence-electron chi connectivity index (χ0n) is 14.5. The van der Waals surface area contributed by atoms with Crippen molar-refractivity contribution in [2.24, 2.45) is 0 Å². The van der Waals surface area contributed by atoms with Gasteiger partial charge < -0.3 is 4.57 Å². The molecule has 0 N–H and O–H groups in total. The highest BCUT2D eigenvalue weighted by Gasteiger charge is 2.32. The number of benzene rings is 2. The molecule has 0 radical (unpaired) electrons. The molecule has 0 aliphatic rings. The Bertz CT molecular complexity index is 797. The Morgan fingerprint density at radius 1 is 1.04 bits per heavy atom. The average molecular weight is 356 g/mol. The lowest BCUT2D eigenvalue weighted by molar-refractivity contribution is -0.137. The first-order valence-electron chi connectivity index (χ1n) is 8.33. The van der Waals surface area contributed by atoms with Crippen LogP contribution in [0.5, 0.6) is 0 Å². The van der Waals surface area contributed by atoms with E-state index in [1.165, 1.54) is 18.2 Å². The lowest BCUT2D eigenvalue weighted by atomic mass is 9.70. The van der Waals surface area contributed by atoms with Crippen LogP contribution in [0.25, 0.3) is 6.08 Å². The van der Waals surface area contributed by atoms with Crippen LogP contribution in [-0.2, 0) is 12.7 Å². The quantitative estimate of drug-likeness (QED) is 0.636. The summed E-state index contributed by atoms with van der Waals surface area (Å²) in [5, 5.41) is 0. The van der Waals surface area contributed by atoms with Gasteiger partial charge in [-0.2, -0.15) is 13.2 Å². The lowest BCUT2D eigenvalue weighted by Gasteiger charge is -2.09. The molecule has 3 rings (SSSR count). The molecule has 2 nitrogen and oxygen atoms in total. The molecule has 0 atom stereocenters. The number of alkyl halides is 3. The van der Waals surface area contributed by atoms with E-state index in [0.717, 1.165) is 18.1 Å². The van der Waals surface area contributed by atoms with Crippen molar-refractivity contribution >= 4 is 18.8 Å². The number of hydrogen-bond donors (Lipinski definition) is 0. The molecule has 0 amide bonds. The predicted octanol–water partition coefficient (Wildman–Crippen LogP) is 4.34. The van der Waals surface area contributed by atoms with Crippen LogP contribution in [0.2, 0.25) is 0 Å². The van der Waals surface area contributed by atoms with Crippen molar-refractivity contribution in [1.82, 2.24) is 9.55 Å². The molecule has 0 fully saturated rings. The van der Waals surface area contributed by atoms with Gasteiger partial charge in [0, 0.05) is 18.9 Å². The fourth-order valence-electron chi connectivity index (χ4n) is 2.31. The molecule has 0 aliphatic carbocycles. The SMILES string of the molecule is CCn1ccnc1.FC(F)(F)c1ccccc1C=CBc1ccccc1. The minimum absolute atomic E-state index is 0.200. The molecule has 0 saturated carbocycles. The Kier molecular flexibility index (Phi) is 7.27. The van der Waals surface area contributed by atoms with Crippen molar-refractivity contribution < 1.29 is 13.2 Å². The second-order valence-corrected chi connectivity index (χ2v) is 5.57. The molecular formula is C20H20BF3N2. The molecule has 6 heteroatoms. The van der Waals surface area contributed by atoms with E-state index in [1.54, 1.807) is 24.6 Å². The van der Waals surface area contributed by atoms with Crippen molar-refractivity contribution in [3.05, 3.63) is 90.4 Å². The Hall–Kier alpha value is -2.76. The summed E-state index contributed by atoms with van der Waals surface area (Å²) in [5.41, 5.74) is 0.675. The summed E-state index contributed by atoms with van der Waals surface area (Å²) in [5.74, 6) is 1.75. The van der Waals surface area contributed by atoms with Crippen LogP contribution in [0.4, 0.5) is 13.2 Å². The smallest absolute Gasteiger partial charge is 0.338 e. The van der Waals surface area contributed by atoms with Crippen molar-refractivity contribution in [2.45, 2.75) is 19.6 Å². The number of aryl methyl sites for hydroxylation is 1. The van der Waals surface area contributed by atoms with Crippen molar-refractivity contribution in [3.63, 3.8) is 0 Å². The number of nitrogens with zero attached hydrogens (tertiary/aromatic N) is 2. The Morgan fingerprint density at radius 2 is 1.73 bits per heavy atom. The van der Waals surface area contributed by atoms with Crippen LogP contribution in [0, 0.1) is 0 Å². The van der Waals surface area contributed by atoms with E-state index < -0.39 is 11.7 Å². The second-order valence-electron chi connectivity index (χ2n) is 5.57. The molecule has 1 heterocycles. The molecular weight excluding hydrogens is 336 g/mol. The topological polar surface area (TPSA) is 17.8 Å². The van der Waals surface area contributed by atoms with Crippen molar-refractivity contribution in [2.75, 3.05) is 0 Å². The maximum Gasteiger partial charge on any atom is 0.416 e. The third-order valence-electron chi connectivity index (χ3n) is 3.68. The van der Waals surface area contributed by atoms with E-state index in [1.807, 2.05) is 41.1 Å². The summed E-state index contributed by atoms with van der Waals surface area (Å²) in [4.78, 5) is 3.86. The zero-order chi connectivity index (χ0) is 18.8. The summed E-state index contributed by atoms with van der Waals surface area (Å²) < 4.78 is 40.3. The largest absolute Gasteiger partial charge is 0.416 e. The monoisotopic (exact) mass is 356 g/mol. The first-order valence-corrected chi connectivity index (χ1v) is 8.33. The molecule has 0 spiro atoms. The van der Waals surface area contributed by atoms with Gasteiger partial charge >= 0.3 is 6.18 Å². The summed E-state index contributed by atoms with van der Waals surface area (Å²) in [7, 11) is 0.618. The van der Waals surface area contributed by atoms with E-state index in [4.69, 9.17) is 0 Å². The van der Waals surface area contributed by atoms with Gasteiger partial charge in [0.25, 0.3) is 0 Å². The van der Waals surface area contributed by atoms with E-state index in [0.29, 0.717) is 7.28 Å². The summed E-state index contributed by atoms with van der Waals surface area (Å²) in [6.45, 7) is 3.10. The van der Waals surface area contributed by atoms with Gasteiger partial charge in [-0.1, -0.05) is 60.1 Å². The third kappa shape index (κ3) is 6.28. The van der Waals surface area contributed by atoms with Crippen LogP contribution < -0.4 is 5.46 Å². The Balaban J connectivity index is 0.000000290. The second kappa shape index (κ2) is 9.66. The summed E-state index contributed by atoms with van der Waals surface area (Å²) >= 11 is 0. The van der Waals surface area contributed by atoms with E-state index in [2.05, 4.69) is 11.9 Å². The van der Waals surface area contributed by atoms with Gasteiger partial charge in [-0.25, -0.2) is 4.98 Å². The average Bonchev–Trinajstić information content (AvgIpc) is 3.17. The molecule has 1 aromatic heterocycles. The molecule has 0 unspecified atom stereocenters. The van der Waals surface area contributed by atoms with Gasteiger partial charge in [0.15, 0.2) is 7.28 Å². The molecule has 3 aromatic rings. The minimum atomic E-state index is -4.31. The molecule has 0 saturated heterocycles. The van der Waals surface area contributed by atoms with Gasteiger partial charge in [-0.3, -0.25) is 0 Å². The minimum Gasteiger partial charge on any atom is -0.338 e. The number of halogens is 3. The summed E-state index contributed by atoms with van der Waals surface area (Å²) in [6, 6.07) is 15.2. The molecule has 0 bridgehead atoms. The van der Waals surface area contributed by atoms with Gasteiger partial charge in [-0.05, 0) is 18.6 Å². The van der Waals surface area contributed by atoms with Gasteiger partial charge in [-0.15, -0.1) is 5.98 Å².